The zero-order valence-corrected chi connectivity index (χ0v) is 14.4. The van der Waals surface area contributed by atoms with E-state index in [2.05, 4.69) is 5.32 Å². The largest absolute Gasteiger partial charge is 0.467 e. The summed E-state index contributed by atoms with van der Waals surface area (Å²) in [5.41, 5.74) is -0.614. The number of alkyl carbamates (subject to hydrolysis) is 1. The molecule has 1 N–H and O–H groups in total. The predicted octanol–water partition coefficient (Wildman–Crippen LogP) is 2.17. The predicted molar refractivity (Wildman–Crippen MR) is 84.8 cm³/mol. The number of hydrogen-bond acceptors (Lipinski definition) is 5. The number of amides is 2. The minimum atomic E-state index is -0.711. The Bertz CT molecular complexity index is 493. The first-order valence-corrected chi connectivity index (χ1v) is 7.52. The number of methoxy groups -OCH3 is 1. The Morgan fingerprint density at radius 2 is 2.09 bits per heavy atom. The summed E-state index contributed by atoms with van der Waals surface area (Å²) in [7, 11) is 1.57. The second-order valence-electron chi connectivity index (χ2n) is 6.20. The van der Waals surface area contributed by atoms with E-state index >= 15 is 0 Å². The molecule has 0 bridgehead atoms. The molecule has 0 aliphatic heterocycles. The van der Waals surface area contributed by atoms with Gasteiger partial charge in [0.2, 0.25) is 5.91 Å². The summed E-state index contributed by atoms with van der Waals surface area (Å²) >= 11 is 0. The highest BCUT2D eigenvalue weighted by atomic mass is 16.6. The molecule has 1 heterocycles. The summed E-state index contributed by atoms with van der Waals surface area (Å²) in [6.45, 7) is 8.02. The molecule has 1 aromatic rings. The van der Waals surface area contributed by atoms with Crippen molar-refractivity contribution in [1.82, 2.24) is 10.2 Å². The van der Waals surface area contributed by atoms with Crippen LogP contribution in [0.15, 0.2) is 22.8 Å². The van der Waals surface area contributed by atoms with Crippen LogP contribution in [0.25, 0.3) is 0 Å². The maximum absolute atomic E-state index is 12.5. The summed E-state index contributed by atoms with van der Waals surface area (Å²) in [6.07, 6.45) is 0.930. The van der Waals surface area contributed by atoms with Crippen molar-refractivity contribution < 1.29 is 23.5 Å². The molecule has 0 fully saturated rings. The van der Waals surface area contributed by atoms with Gasteiger partial charge in [-0.25, -0.2) is 4.79 Å². The highest BCUT2D eigenvalue weighted by Gasteiger charge is 2.25. The van der Waals surface area contributed by atoms with Crippen molar-refractivity contribution in [2.45, 2.75) is 45.9 Å². The Morgan fingerprint density at radius 3 is 2.61 bits per heavy atom. The molecular formula is C16H26N2O5. The molecule has 0 aromatic carbocycles. The Kier molecular flexibility index (Phi) is 7.09. The molecule has 7 heteroatoms. The van der Waals surface area contributed by atoms with E-state index in [0.29, 0.717) is 25.5 Å². The van der Waals surface area contributed by atoms with E-state index in [4.69, 9.17) is 13.9 Å². The van der Waals surface area contributed by atoms with Crippen molar-refractivity contribution >= 4 is 12.0 Å². The molecular weight excluding hydrogens is 300 g/mol. The van der Waals surface area contributed by atoms with Crippen LogP contribution in [0, 0.1) is 0 Å². The summed E-state index contributed by atoms with van der Waals surface area (Å²) in [6, 6.07) is 2.84. The van der Waals surface area contributed by atoms with Gasteiger partial charge in [-0.05, 0) is 39.8 Å². The molecule has 0 spiro atoms. The molecule has 1 unspecified atom stereocenters. The van der Waals surface area contributed by atoms with Crippen molar-refractivity contribution in [2.75, 3.05) is 20.3 Å². The van der Waals surface area contributed by atoms with Crippen LogP contribution >= 0.6 is 0 Å². The Morgan fingerprint density at radius 1 is 1.39 bits per heavy atom. The van der Waals surface area contributed by atoms with Crippen LogP contribution in [0.1, 0.15) is 33.5 Å². The van der Waals surface area contributed by atoms with Crippen molar-refractivity contribution in [1.29, 1.82) is 0 Å². The summed E-state index contributed by atoms with van der Waals surface area (Å²) < 4.78 is 15.5. The van der Waals surface area contributed by atoms with E-state index < -0.39 is 17.7 Å². The SMILES string of the molecule is COCCN(Cc1ccco1)C(=O)C(C)NC(=O)OC(C)(C)C. The number of nitrogens with one attached hydrogen (secondary N) is 1. The lowest BCUT2D eigenvalue weighted by Crippen LogP contribution is -2.48. The van der Waals surface area contributed by atoms with Gasteiger partial charge in [0.1, 0.15) is 17.4 Å². The van der Waals surface area contributed by atoms with Gasteiger partial charge in [-0.3, -0.25) is 4.79 Å². The number of carbonyl (C=O) groups is 2. The second kappa shape index (κ2) is 8.57. The Balaban J connectivity index is 2.65. The monoisotopic (exact) mass is 326 g/mol. The van der Waals surface area contributed by atoms with Gasteiger partial charge in [0, 0.05) is 13.7 Å². The fraction of sp³-hybridized carbons (Fsp3) is 0.625. The zero-order chi connectivity index (χ0) is 17.5. The van der Waals surface area contributed by atoms with Crippen LogP contribution in [0.3, 0.4) is 0 Å². The Labute approximate surface area is 136 Å². The van der Waals surface area contributed by atoms with Gasteiger partial charge in [0.25, 0.3) is 0 Å². The molecule has 7 nitrogen and oxygen atoms in total. The summed E-state index contributed by atoms with van der Waals surface area (Å²) in [5, 5.41) is 2.55. The van der Waals surface area contributed by atoms with Crippen LogP contribution in [0.5, 0.6) is 0 Å². The molecule has 0 aliphatic rings. The van der Waals surface area contributed by atoms with Crippen LogP contribution < -0.4 is 5.32 Å². The quantitative estimate of drug-likeness (QED) is 0.830. The van der Waals surface area contributed by atoms with Crippen LogP contribution in [0.2, 0.25) is 0 Å². The number of hydrogen-bond donors (Lipinski definition) is 1. The maximum atomic E-state index is 12.5. The molecule has 0 saturated carbocycles. The molecule has 1 aromatic heterocycles. The number of rotatable bonds is 7. The van der Waals surface area contributed by atoms with Gasteiger partial charge in [-0.15, -0.1) is 0 Å². The first-order valence-electron chi connectivity index (χ1n) is 7.52. The van der Waals surface area contributed by atoms with E-state index in [1.54, 1.807) is 58.1 Å². The van der Waals surface area contributed by atoms with Gasteiger partial charge in [-0.1, -0.05) is 0 Å². The smallest absolute Gasteiger partial charge is 0.408 e. The van der Waals surface area contributed by atoms with Crippen LogP contribution in [-0.4, -0.2) is 48.8 Å². The average Bonchev–Trinajstić information content (AvgIpc) is 2.93. The van der Waals surface area contributed by atoms with E-state index in [1.807, 2.05) is 0 Å². The van der Waals surface area contributed by atoms with Gasteiger partial charge in [0.05, 0.1) is 19.4 Å². The van der Waals surface area contributed by atoms with Crippen LogP contribution in [-0.2, 0) is 20.8 Å². The Hall–Kier alpha value is -2.02. The molecule has 130 valence electrons. The van der Waals surface area contributed by atoms with Gasteiger partial charge in [0.15, 0.2) is 0 Å². The van der Waals surface area contributed by atoms with E-state index in [0.717, 1.165) is 0 Å². The van der Waals surface area contributed by atoms with E-state index in [-0.39, 0.29) is 5.91 Å². The third kappa shape index (κ3) is 7.19. The molecule has 23 heavy (non-hydrogen) atoms. The average molecular weight is 326 g/mol. The lowest BCUT2D eigenvalue weighted by atomic mass is 10.2. The lowest BCUT2D eigenvalue weighted by molar-refractivity contribution is -0.134. The second-order valence-corrected chi connectivity index (χ2v) is 6.20. The number of carbonyl (C=O) groups excluding carboxylic acids is 2. The number of ether oxygens (including phenoxy) is 2. The molecule has 0 radical (unpaired) electrons. The van der Waals surface area contributed by atoms with Gasteiger partial charge >= 0.3 is 6.09 Å². The standard InChI is InChI=1S/C16H26N2O5/c1-12(17-15(20)23-16(2,3)4)14(19)18(8-10-21-5)11-13-7-6-9-22-13/h6-7,9,12H,8,10-11H2,1-5H3,(H,17,20). The molecule has 2 amide bonds. The minimum Gasteiger partial charge on any atom is -0.467 e. The molecule has 0 saturated heterocycles. The van der Waals surface area contributed by atoms with Crippen LogP contribution in [0.4, 0.5) is 4.79 Å². The normalized spacial score (nSPS) is 12.6. The third-order valence-corrected chi connectivity index (χ3v) is 2.91. The highest BCUT2D eigenvalue weighted by Crippen LogP contribution is 2.09. The van der Waals surface area contributed by atoms with Crippen molar-refractivity contribution in [3.8, 4) is 0 Å². The van der Waals surface area contributed by atoms with Gasteiger partial charge in [-0.2, -0.15) is 0 Å². The maximum Gasteiger partial charge on any atom is 0.408 e. The fourth-order valence-corrected chi connectivity index (χ4v) is 1.88. The first-order chi connectivity index (χ1) is 10.7. The van der Waals surface area contributed by atoms with Crippen molar-refractivity contribution in [3.05, 3.63) is 24.2 Å². The molecule has 0 aliphatic carbocycles. The number of furan rings is 1. The zero-order valence-electron chi connectivity index (χ0n) is 14.4. The minimum absolute atomic E-state index is 0.232. The van der Waals surface area contributed by atoms with Crippen molar-refractivity contribution in [2.24, 2.45) is 0 Å². The van der Waals surface area contributed by atoms with E-state index in [1.165, 1.54) is 0 Å². The summed E-state index contributed by atoms with van der Waals surface area (Å²) in [5.74, 6) is 0.434. The topological polar surface area (TPSA) is 81.0 Å². The molecule has 1 rings (SSSR count). The third-order valence-electron chi connectivity index (χ3n) is 2.91. The van der Waals surface area contributed by atoms with E-state index in [9.17, 15) is 9.59 Å². The fourth-order valence-electron chi connectivity index (χ4n) is 1.88. The summed E-state index contributed by atoms with van der Waals surface area (Å²) in [4.78, 5) is 25.9. The number of nitrogens with zero attached hydrogens (tertiary/aromatic N) is 1. The lowest BCUT2D eigenvalue weighted by Gasteiger charge is -2.26. The first kappa shape index (κ1) is 19.0. The highest BCUT2D eigenvalue weighted by molar-refractivity contribution is 5.85. The molecule has 1 atom stereocenters. The van der Waals surface area contributed by atoms with Crippen molar-refractivity contribution in [3.63, 3.8) is 0 Å². The van der Waals surface area contributed by atoms with Gasteiger partial charge < -0.3 is 24.1 Å².